The molecular formula is C18H29BrN2O3. The minimum Gasteiger partial charge on any atom is -0.379 e. The Bertz CT molecular complexity index is 532. The number of nitrogens with zero attached hydrogens (tertiary/aromatic N) is 1. The summed E-state index contributed by atoms with van der Waals surface area (Å²) in [7, 11) is 0. The third-order valence-electron chi connectivity index (χ3n) is 7.17. The lowest BCUT2D eigenvalue weighted by atomic mass is 9.64. The van der Waals surface area contributed by atoms with Crippen LogP contribution in [0.4, 0.5) is 0 Å². The number of carbonyl (C=O) groups is 2. The van der Waals surface area contributed by atoms with Crippen LogP contribution in [0.1, 0.15) is 40.0 Å². The van der Waals surface area contributed by atoms with Crippen LogP contribution in [0, 0.1) is 16.2 Å². The van der Waals surface area contributed by atoms with Gasteiger partial charge in [0.25, 0.3) is 0 Å². The van der Waals surface area contributed by atoms with Gasteiger partial charge < -0.3 is 10.1 Å². The molecule has 6 heteroatoms. The number of nitrogens with one attached hydrogen (secondary N) is 1. The summed E-state index contributed by atoms with van der Waals surface area (Å²) < 4.78 is 5.35. The summed E-state index contributed by atoms with van der Waals surface area (Å²) in [5.41, 5.74) is -1.33. The molecule has 1 heterocycles. The minimum absolute atomic E-state index is 0.0472. The van der Waals surface area contributed by atoms with Gasteiger partial charge in [0.05, 0.1) is 23.5 Å². The lowest BCUT2D eigenvalue weighted by Crippen LogP contribution is -2.51. The normalized spacial score (nSPS) is 38.5. The van der Waals surface area contributed by atoms with Crippen LogP contribution in [-0.2, 0) is 14.3 Å². The van der Waals surface area contributed by atoms with E-state index in [0.29, 0.717) is 6.54 Å². The number of alkyl halides is 1. The second-order valence-electron chi connectivity index (χ2n) is 8.22. The van der Waals surface area contributed by atoms with Crippen molar-refractivity contribution < 1.29 is 14.3 Å². The van der Waals surface area contributed by atoms with Crippen LogP contribution in [0.25, 0.3) is 0 Å². The molecule has 1 N–H and O–H groups in total. The van der Waals surface area contributed by atoms with Gasteiger partial charge in [-0.05, 0) is 31.2 Å². The molecule has 3 atom stereocenters. The monoisotopic (exact) mass is 400 g/mol. The van der Waals surface area contributed by atoms with Crippen molar-refractivity contribution in [3.05, 3.63) is 0 Å². The standard InChI is InChI=1S/C18H29BrN2O3/c1-16(2)17(3)5-6-18(16,13(19)14(17)22)15(23)20-7-4-8-21-9-11-24-12-10-21/h13H,4-12H2,1-3H3,(H,20,23)/t13-,17-,18-/m1/s1. The predicted molar refractivity (Wildman–Crippen MR) is 96.2 cm³/mol. The Morgan fingerprint density at radius 2 is 1.96 bits per heavy atom. The number of carbonyl (C=O) groups excluding carboxylic acids is 2. The first-order valence-corrected chi connectivity index (χ1v) is 9.96. The number of ketones is 1. The largest absolute Gasteiger partial charge is 0.379 e. The third-order valence-corrected chi connectivity index (χ3v) is 8.36. The van der Waals surface area contributed by atoms with Gasteiger partial charge in [-0.2, -0.15) is 0 Å². The van der Waals surface area contributed by atoms with Crippen molar-refractivity contribution in [2.75, 3.05) is 39.4 Å². The van der Waals surface area contributed by atoms with Crippen LogP contribution >= 0.6 is 15.9 Å². The van der Waals surface area contributed by atoms with E-state index in [1.807, 2.05) is 6.92 Å². The molecular weight excluding hydrogens is 372 g/mol. The summed E-state index contributed by atoms with van der Waals surface area (Å²) in [5, 5.41) is 3.13. The van der Waals surface area contributed by atoms with Gasteiger partial charge in [0, 0.05) is 25.0 Å². The van der Waals surface area contributed by atoms with Crippen molar-refractivity contribution >= 4 is 27.6 Å². The average molecular weight is 401 g/mol. The summed E-state index contributed by atoms with van der Waals surface area (Å²) in [6.45, 7) is 11.4. The number of morpholine rings is 1. The molecule has 3 fully saturated rings. The Balaban J connectivity index is 1.59. The molecule has 136 valence electrons. The Morgan fingerprint density at radius 3 is 2.54 bits per heavy atom. The topological polar surface area (TPSA) is 58.6 Å². The van der Waals surface area contributed by atoms with Crippen molar-refractivity contribution in [1.82, 2.24) is 10.2 Å². The van der Waals surface area contributed by atoms with Crippen molar-refractivity contribution in [2.45, 2.75) is 44.9 Å². The Kier molecular flexibility index (Phi) is 4.86. The van der Waals surface area contributed by atoms with Crippen molar-refractivity contribution in [1.29, 1.82) is 0 Å². The van der Waals surface area contributed by atoms with Crippen LogP contribution in [0.2, 0.25) is 0 Å². The highest BCUT2D eigenvalue weighted by atomic mass is 79.9. The molecule has 2 saturated carbocycles. The average Bonchev–Trinajstić information content (AvgIpc) is 2.84. The van der Waals surface area contributed by atoms with Crippen LogP contribution in [0.5, 0.6) is 0 Å². The number of Topliss-reactive ketones (excluding diaryl/α,β-unsaturated/α-hetero) is 1. The van der Waals surface area contributed by atoms with Crippen LogP contribution in [0.15, 0.2) is 0 Å². The number of hydrogen-bond donors (Lipinski definition) is 1. The molecule has 3 rings (SSSR count). The van der Waals surface area contributed by atoms with E-state index in [9.17, 15) is 9.59 Å². The van der Waals surface area contributed by atoms with Gasteiger partial charge in [0.15, 0.2) is 5.78 Å². The lowest BCUT2D eigenvalue weighted by Gasteiger charge is -2.39. The number of halogens is 1. The number of hydrogen-bond acceptors (Lipinski definition) is 4. The maximum absolute atomic E-state index is 13.1. The maximum Gasteiger partial charge on any atom is 0.228 e. The molecule has 1 saturated heterocycles. The summed E-state index contributed by atoms with van der Waals surface area (Å²) in [4.78, 5) is 27.8. The van der Waals surface area contributed by atoms with E-state index in [-0.39, 0.29) is 21.9 Å². The van der Waals surface area contributed by atoms with E-state index in [4.69, 9.17) is 4.74 Å². The van der Waals surface area contributed by atoms with Gasteiger partial charge in [-0.25, -0.2) is 0 Å². The third kappa shape index (κ3) is 2.40. The zero-order chi connectivity index (χ0) is 17.6. The SMILES string of the molecule is CC1(C)[C@]2(C(=O)NCCCN3CCOCC3)CC[C@]1(C)C(=O)[C@H]2Br. The molecule has 0 unspecified atom stereocenters. The van der Waals surface area contributed by atoms with Crippen molar-refractivity contribution in [2.24, 2.45) is 16.2 Å². The highest BCUT2D eigenvalue weighted by Crippen LogP contribution is 2.72. The van der Waals surface area contributed by atoms with Crippen molar-refractivity contribution in [3.63, 3.8) is 0 Å². The van der Waals surface area contributed by atoms with E-state index in [0.717, 1.165) is 52.1 Å². The van der Waals surface area contributed by atoms with Gasteiger partial charge in [-0.1, -0.05) is 36.7 Å². The van der Waals surface area contributed by atoms with Crippen molar-refractivity contribution in [3.8, 4) is 0 Å². The molecule has 2 bridgehead atoms. The number of rotatable bonds is 5. The Labute approximate surface area is 153 Å². The quantitative estimate of drug-likeness (QED) is 0.566. The first-order valence-electron chi connectivity index (χ1n) is 9.04. The molecule has 1 amide bonds. The number of fused-ring (bicyclic) bond motifs is 2. The molecule has 5 nitrogen and oxygen atoms in total. The van der Waals surface area contributed by atoms with E-state index in [2.05, 4.69) is 40.0 Å². The molecule has 3 aliphatic rings. The van der Waals surface area contributed by atoms with Crippen LogP contribution in [0.3, 0.4) is 0 Å². The molecule has 0 radical (unpaired) electrons. The first kappa shape index (κ1) is 18.3. The van der Waals surface area contributed by atoms with Gasteiger partial charge >= 0.3 is 0 Å². The highest BCUT2D eigenvalue weighted by molar-refractivity contribution is 9.10. The molecule has 0 aromatic rings. The number of amides is 1. The lowest BCUT2D eigenvalue weighted by molar-refractivity contribution is -0.135. The molecule has 0 aromatic carbocycles. The summed E-state index contributed by atoms with van der Waals surface area (Å²) in [6, 6.07) is 0. The second-order valence-corrected chi connectivity index (χ2v) is 9.13. The van der Waals surface area contributed by atoms with E-state index >= 15 is 0 Å². The summed E-state index contributed by atoms with van der Waals surface area (Å²) in [6.07, 6.45) is 2.52. The summed E-state index contributed by atoms with van der Waals surface area (Å²) >= 11 is 3.57. The number of ether oxygens (including phenoxy) is 1. The van der Waals surface area contributed by atoms with Crippen LogP contribution < -0.4 is 5.32 Å². The van der Waals surface area contributed by atoms with Gasteiger partial charge in [-0.3, -0.25) is 14.5 Å². The maximum atomic E-state index is 13.1. The molecule has 0 aromatic heterocycles. The fourth-order valence-electron chi connectivity index (χ4n) is 4.94. The van der Waals surface area contributed by atoms with Crippen LogP contribution in [-0.4, -0.2) is 60.8 Å². The molecule has 2 aliphatic carbocycles. The van der Waals surface area contributed by atoms with Gasteiger partial charge in [0.1, 0.15) is 0 Å². The Hall–Kier alpha value is -0.460. The van der Waals surface area contributed by atoms with E-state index in [1.54, 1.807) is 0 Å². The van der Waals surface area contributed by atoms with E-state index < -0.39 is 10.8 Å². The smallest absolute Gasteiger partial charge is 0.228 e. The highest BCUT2D eigenvalue weighted by Gasteiger charge is 2.76. The van der Waals surface area contributed by atoms with Gasteiger partial charge in [-0.15, -0.1) is 0 Å². The van der Waals surface area contributed by atoms with Gasteiger partial charge in [0.2, 0.25) is 5.91 Å². The molecule has 1 aliphatic heterocycles. The van der Waals surface area contributed by atoms with E-state index in [1.165, 1.54) is 0 Å². The fourth-order valence-corrected chi connectivity index (χ4v) is 6.46. The minimum atomic E-state index is -0.613. The summed E-state index contributed by atoms with van der Waals surface area (Å²) in [5.74, 6) is 0.244. The first-order chi connectivity index (χ1) is 11.3. The zero-order valence-electron chi connectivity index (χ0n) is 15.0. The molecule has 0 spiro atoms. The fraction of sp³-hybridized carbons (Fsp3) is 0.889. The molecule has 24 heavy (non-hydrogen) atoms. The predicted octanol–water partition coefficient (Wildman–Crippen LogP) is 1.98. The second kappa shape index (κ2) is 6.36. The zero-order valence-corrected chi connectivity index (χ0v) is 16.6. The Morgan fingerprint density at radius 1 is 1.29 bits per heavy atom.